The van der Waals surface area contributed by atoms with E-state index in [1.807, 2.05) is 0 Å². The highest BCUT2D eigenvalue weighted by atomic mass is 35.5. The number of rotatable bonds is 1. The summed E-state index contributed by atoms with van der Waals surface area (Å²) in [6.45, 7) is 0. The van der Waals surface area contributed by atoms with Gasteiger partial charge in [-0.05, 0) is 18.2 Å². The number of hydrogen-bond acceptors (Lipinski definition) is 2. The molecule has 1 aliphatic rings. The van der Waals surface area contributed by atoms with Gasteiger partial charge in [-0.1, -0.05) is 11.6 Å². The smallest absolute Gasteiger partial charge is 0.169 e. The minimum atomic E-state index is 0.488. The molecule has 0 unspecified atom stereocenters. The molecule has 1 aliphatic heterocycles. The molecule has 0 spiro atoms. The van der Waals surface area contributed by atoms with Crippen molar-refractivity contribution in [1.29, 1.82) is 0 Å². The minimum Gasteiger partial charge on any atom is -0.296 e. The topological polar surface area (TPSA) is 29.4 Å². The van der Waals surface area contributed by atoms with Gasteiger partial charge in [0.2, 0.25) is 0 Å². The van der Waals surface area contributed by atoms with Crippen molar-refractivity contribution in [3.05, 3.63) is 33.8 Å². The lowest BCUT2D eigenvalue weighted by molar-refractivity contribution is -0.103. The lowest BCUT2D eigenvalue weighted by Crippen LogP contribution is -2.35. The van der Waals surface area contributed by atoms with Crippen LogP contribution in [0.2, 0.25) is 5.02 Å². The number of carbonyl (C=O) groups excluding carboxylic acids is 1. The van der Waals surface area contributed by atoms with Gasteiger partial charge in [-0.25, -0.2) is 4.99 Å². The van der Waals surface area contributed by atoms with Crippen molar-refractivity contribution in [3.8, 4) is 0 Å². The highest BCUT2D eigenvalue weighted by molar-refractivity contribution is 6.30. The second-order valence-corrected chi connectivity index (χ2v) is 2.71. The summed E-state index contributed by atoms with van der Waals surface area (Å²) in [5, 5.41) is 2.34. The second-order valence-electron chi connectivity index (χ2n) is 2.28. The number of benzene rings is 1. The Balaban J connectivity index is 2.80. The first-order chi connectivity index (χ1) is 5.31. The molecule has 2 rings (SSSR count). The standard InChI is InChI=1S/C8H4ClNO/c9-5-1-2-7-6(3-5)8(4-11)10-7/h1-4H. The van der Waals surface area contributed by atoms with Crippen molar-refractivity contribution in [2.75, 3.05) is 0 Å². The van der Waals surface area contributed by atoms with Crippen LogP contribution in [0.4, 0.5) is 0 Å². The molecule has 0 aromatic heterocycles. The quantitative estimate of drug-likeness (QED) is 0.550. The monoisotopic (exact) mass is 165 g/mol. The van der Waals surface area contributed by atoms with Gasteiger partial charge in [-0.2, -0.15) is 0 Å². The summed E-state index contributed by atoms with van der Waals surface area (Å²) in [5.74, 6) is 0. The molecule has 0 amide bonds. The molecule has 0 saturated carbocycles. The zero-order valence-corrected chi connectivity index (χ0v) is 6.30. The van der Waals surface area contributed by atoms with Gasteiger partial charge in [0.25, 0.3) is 0 Å². The molecule has 0 fully saturated rings. The summed E-state index contributed by atoms with van der Waals surface area (Å²) < 4.78 is 0. The van der Waals surface area contributed by atoms with Crippen molar-refractivity contribution >= 4 is 23.6 Å². The van der Waals surface area contributed by atoms with Gasteiger partial charge in [0, 0.05) is 10.2 Å². The van der Waals surface area contributed by atoms with Crippen LogP contribution in [0, 0.1) is 0 Å². The molecular weight excluding hydrogens is 162 g/mol. The van der Waals surface area contributed by atoms with Crippen LogP contribution in [0.25, 0.3) is 5.70 Å². The van der Waals surface area contributed by atoms with Crippen molar-refractivity contribution in [2.24, 2.45) is 4.99 Å². The first kappa shape index (κ1) is 6.55. The van der Waals surface area contributed by atoms with Crippen LogP contribution < -0.4 is 10.6 Å². The molecule has 0 atom stereocenters. The molecule has 0 aliphatic carbocycles. The Bertz CT molecular complexity index is 436. The number of aldehydes is 1. The fraction of sp³-hybridized carbons (Fsp3) is 0. The Morgan fingerprint density at radius 2 is 2.27 bits per heavy atom. The summed E-state index contributed by atoms with van der Waals surface area (Å²) in [5.41, 5.74) is 0.488. The van der Waals surface area contributed by atoms with Crippen molar-refractivity contribution < 1.29 is 4.79 Å². The normalized spacial score (nSPS) is 13.0. The van der Waals surface area contributed by atoms with E-state index in [4.69, 9.17) is 11.6 Å². The Hall–Kier alpha value is -1.15. The van der Waals surface area contributed by atoms with Gasteiger partial charge < -0.3 is 0 Å². The Morgan fingerprint density at radius 3 is 3.00 bits per heavy atom. The molecule has 1 aromatic rings. The lowest BCUT2D eigenvalue weighted by atomic mass is 10.2. The van der Waals surface area contributed by atoms with E-state index in [-0.39, 0.29) is 0 Å². The van der Waals surface area contributed by atoms with Crippen molar-refractivity contribution in [2.45, 2.75) is 0 Å². The summed E-state index contributed by atoms with van der Waals surface area (Å²) in [6.07, 6.45) is 0.735. The third kappa shape index (κ3) is 0.870. The Morgan fingerprint density at radius 1 is 1.45 bits per heavy atom. The minimum absolute atomic E-state index is 0.488. The molecule has 2 nitrogen and oxygen atoms in total. The van der Waals surface area contributed by atoms with Gasteiger partial charge in [0.05, 0.1) is 5.36 Å². The summed E-state index contributed by atoms with van der Waals surface area (Å²) >= 11 is 5.70. The maximum absolute atomic E-state index is 10.3. The molecule has 0 saturated heterocycles. The second kappa shape index (κ2) is 2.17. The number of fused-ring (bicyclic) bond motifs is 1. The van der Waals surface area contributed by atoms with E-state index >= 15 is 0 Å². The van der Waals surface area contributed by atoms with E-state index in [2.05, 4.69) is 4.99 Å². The molecule has 54 valence electrons. The molecule has 1 heterocycles. The van der Waals surface area contributed by atoms with Crippen LogP contribution in [0.15, 0.2) is 23.2 Å². The Kier molecular flexibility index (Phi) is 1.29. The molecule has 1 aromatic carbocycles. The largest absolute Gasteiger partial charge is 0.296 e. The number of halogens is 1. The maximum Gasteiger partial charge on any atom is 0.169 e. The van der Waals surface area contributed by atoms with Crippen LogP contribution in [0.1, 0.15) is 0 Å². The van der Waals surface area contributed by atoms with E-state index in [9.17, 15) is 4.79 Å². The van der Waals surface area contributed by atoms with Crippen LogP contribution in [-0.2, 0) is 4.79 Å². The number of hydrogen-bond donors (Lipinski definition) is 0. The average Bonchev–Trinajstić information content (AvgIpc) is 1.97. The lowest BCUT2D eigenvalue weighted by Gasteiger charge is -2.02. The van der Waals surface area contributed by atoms with E-state index < -0.39 is 0 Å². The van der Waals surface area contributed by atoms with Gasteiger partial charge in [-0.15, -0.1) is 0 Å². The van der Waals surface area contributed by atoms with Gasteiger partial charge >= 0.3 is 0 Å². The number of nitrogens with zero attached hydrogens (tertiary/aromatic N) is 1. The summed E-state index contributed by atoms with van der Waals surface area (Å²) in [7, 11) is 0. The van der Waals surface area contributed by atoms with Gasteiger partial charge in [0.1, 0.15) is 5.70 Å². The van der Waals surface area contributed by atoms with E-state index in [1.54, 1.807) is 18.2 Å². The first-order valence-electron chi connectivity index (χ1n) is 3.15. The fourth-order valence-electron chi connectivity index (χ4n) is 1.04. The zero-order chi connectivity index (χ0) is 7.84. The predicted molar refractivity (Wildman–Crippen MR) is 41.7 cm³/mol. The zero-order valence-electron chi connectivity index (χ0n) is 5.54. The third-order valence-corrected chi connectivity index (χ3v) is 1.82. The number of carbonyl (C=O) groups is 1. The van der Waals surface area contributed by atoms with Crippen molar-refractivity contribution in [3.63, 3.8) is 0 Å². The first-order valence-corrected chi connectivity index (χ1v) is 3.53. The predicted octanol–water partition coefficient (Wildman–Crippen LogP) is 0.280. The highest BCUT2D eigenvalue weighted by Gasteiger charge is 2.05. The molecule has 3 heteroatoms. The molecule has 0 N–H and O–H groups in total. The van der Waals surface area contributed by atoms with E-state index in [0.717, 1.165) is 16.9 Å². The van der Waals surface area contributed by atoms with Crippen LogP contribution >= 0.6 is 11.6 Å². The van der Waals surface area contributed by atoms with E-state index in [0.29, 0.717) is 10.7 Å². The Labute approximate surface area is 67.8 Å². The van der Waals surface area contributed by atoms with Crippen molar-refractivity contribution in [1.82, 2.24) is 0 Å². The molecular formula is C8H4ClNO. The third-order valence-electron chi connectivity index (χ3n) is 1.59. The maximum atomic E-state index is 10.3. The summed E-state index contributed by atoms with van der Waals surface area (Å²) in [6, 6.07) is 5.30. The fourth-order valence-corrected chi connectivity index (χ4v) is 1.21. The summed E-state index contributed by atoms with van der Waals surface area (Å²) in [4.78, 5) is 14.2. The van der Waals surface area contributed by atoms with Gasteiger partial charge in [-0.3, -0.25) is 4.79 Å². The van der Waals surface area contributed by atoms with Crippen LogP contribution in [0.3, 0.4) is 0 Å². The molecule has 11 heavy (non-hydrogen) atoms. The van der Waals surface area contributed by atoms with Gasteiger partial charge in [0.15, 0.2) is 6.29 Å². The highest BCUT2D eigenvalue weighted by Crippen LogP contribution is 2.03. The molecule has 0 bridgehead atoms. The van der Waals surface area contributed by atoms with Crippen LogP contribution in [0.5, 0.6) is 0 Å². The molecule has 0 radical (unpaired) electrons. The average molecular weight is 166 g/mol. The van der Waals surface area contributed by atoms with Crippen LogP contribution in [-0.4, -0.2) is 6.29 Å². The SMILES string of the molecule is O=CC1=c2cc(Cl)ccc2=N1. The van der Waals surface area contributed by atoms with E-state index in [1.165, 1.54) is 0 Å².